The third-order valence-electron chi connectivity index (χ3n) is 1.54. The normalized spacial score (nSPS) is 15.2. The Morgan fingerprint density at radius 2 is 2.58 bits per heavy atom. The first-order valence-corrected chi connectivity index (χ1v) is 3.59. The molecule has 0 aromatic carbocycles. The molecule has 0 saturated heterocycles. The van der Waals surface area contributed by atoms with Gasteiger partial charge in [0.25, 0.3) is 0 Å². The van der Waals surface area contributed by atoms with Crippen LogP contribution in [0.5, 0.6) is 0 Å². The molecule has 0 aliphatic carbocycles. The van der Waals surface area contributed by atoms with Crippen molar-refractivity contribution in [2.75, 3.05) is 13.1 Å². The second kappa shape index (κ2) is 3.63. The Morgan fingerprint density at radius 3 is 3.17 bits per heavy atom. The van der Waals surface area contributed by atoms with Crippen molar-refractivity contribution in [3.63, 3.8) is 0 Å². The molecule has 62 valence electrons. The van der Waals surface area contributed by atoms with Gasteiger partial charge in [-0.3, -0.25) is 4.79 Å². The maximum absolute atomic E-state index is 10.7. The lowest BCUT2D eigenvalue weighted by Gasteiger charge is -2.19. The van der Waals surface area contributed by atoms with Crippen molar-refractivity contribution in [3.8, 4) is 12.3 Å². The maximum Gasteiger partial charge on any atom is 0.250 e. The van der Waals surface area contributed by atoms with Crippen molar-refractivity contribution in [2.45, 2.75) is 0 Å². The molecule has 3 heteroatoms. The number of carbonyl (C=O) groups excluding carboxylic acids is 1. The Morgan fingerprint density at radius 1 is 1.83 bits per heavy atom. The van der Waals surface area contributed by atoms with Gasteiger partial charge in [-0.15, -0.1) is 6.42 Å². The Hall–Kier alpha value is -1.69. The van der Waals surface area contributed by atoms with E-state index in [1.54, 1.807) is 12.3 Å². The molecule has 1 aliphatic heterocycles. The van der Waals surface area contributed by atoms with E-state index in [-0.39, 0.29) is 0 Å². The molecule has 0 radical (unpaired) electrons. The summed E-state index contributed by atoms with van der Waals surface area (Å²) in [6.45, 7) is 1.24. The third-order valence-corrected chi connectivity index (χ3v) is 1.54. The highest BCUT2D eigenvalue weighted by Crippen LogP contribution is 2.05. The van der Waals surface area contributed by atoms with Gasteiger partial charge in [-0.1, -0.05) is 18.1 Å². The minimum absolute atomic E-state index is 0.423. The number of carbonyl (C=O) groups is 1. The largest absolute Gasteiger partial charge is 0.366 e. The van der Waals surface area contributed by atoms with E-state index in [2.05, 4.69) is 5.92 Å². The van der Waals surface area contributed by atoms with Gasteiger partial charge in [-0.2, -0.15) is 0 Å². The quantitative estimate of drug-likeness (QED) is 0.574. The van der Waals surface area contributed by atoms with Crippen LogP contribution >= 0.6 is 0 Å². The van der Waals surface area contributed by atoms with Crippen molar-refractivity contribution in [3.05, 3.63) is 23.9 Å². The number of primary amides is 1. The molecule has 0 fully saturated rings. The number of hydrogen-bond donors (Lipinski definition) is 1. The number of nitrogens with two attached hydrogens (primary N) is 1. The number of amides is 1. The van der Waals surface area contributed by atoms with E-state index >= 15 is 0 Å². The molecule has 3 nitrogen and oxygen atoms in total. The zero-order valence-corrected chi connectivity index (χ0v) is 6.66. The highest BCUT2D eigenvalue weighted by atomic mass is 16.1. The van der Waals surface area contributed by atoms with E-state index in [4.69, 9.17) is 12.2 Å². The van der Waals surface area contributed by atoms with Gasteiger partial charge in [-0.25, -0.2) is 0 Å². The standard InChI is InChI=1S/C9H10N2O/c1-2-5-11-6-3-4-8(7-11)9(10)12/h1,3-4,7H,5-6H2,(H2,10,12). The van der Waals surface area contributed by atoms with Gasteiger partial charge in [0, 0.05) is 12.7 Å². The summed E-state index contributed by atoms with van der Waals surface area (Å²) in [5.74, 6) is 2.07. The molecule has 0 atom stereocenters. The third kappa shape index (κ3) is 1.89. The molecule has 1 aliphatic rings. The molecule has 1 amide bonds. The lowest BCUT2D eigenvalue weighted by molar-refractivity contribution is -0.114. The summed E-state index contributed by atoms with van der Waals surface area (Å²) in [7, 11) is 0. The monoisotopic (exact) mass is 162 g/mol. The number of hydrogen-bond acceptors (Lipinski definition) is 2. The molecule has 1 heterocycles. The van der Waals surface area contributed by atoms with Gasteiger partial charge in [0.1, 0.15) is 0 Å². The molecular weight excluding hydrogens is 152 g/mol. The van der Waals surface area contributed by atoms with E-state index in [1.807, 2.05) is 11.0 Å². The fourth-order valence-corrected chi connectivity index (χ4v) is 0.981. The highest BCUT2D eigenvalue weighted by Gasteiger charge is 2.07. The van der Waals surface area contributed by atoms with E-state index in [0.717, 1.165) is 6.54 Å². The van der Waals surface area contributed by atoms with Gasteiger partial charge in [0.05, 0.1) is 12.1 Å². The van der Waals surface area contributed by atoms with Crippen LogP contribution in [0, 0.1) is 12.3 Å². The van der Waals surface area contributed by atoms with Crippen LogP contribution in [0.25, 0.3) is 0 Å². The zero-order valence-electron chi connectivity index (χ0n) is 6.66. The van der Waals surface area contributed by atoms with E-state index in [9.17, 15) is 4.79 Å². The van der Waals surface area contributed by atoms with E-state index in [0.29, 0.717) is 12.1 Å². The van der Waals surface area contributed by atoms with Gasteiger partial charge >= 0.3 is 0 Å². The molecule has 0 unspecified atom stereocenters. The zero-order chi connectivity index (χ0) is 8.97. The summed E-state index contributed by atoms with van der Waals surface area (Å²) < 4.78 is 0. The molecule has 12 heavy (non-hydrogen) atoms. The highest BCUT2D eigenvalue weighted by molar-refractivity contribution is 5.94. The van der Waals surface area contributed by atoms with Crippen molar-refractivity contribution in [1.29, 1.82) is 0 Å². The molecule has 2 N–H and O–H groups in total. The Labute approximate surface area is 71.5 Å². The summed E-state index contributed by atoms with van der Waals surface area (Å²) in [6.07, 6.45) is 10.4. The number of terminal acetylenes is 1. The average molecular weight is 162 g/mol. The smallest absolute Gasteiger partial charge is 0.250 e. The Balaban J connectivity index is 2.70. The van der Waals surface area contributed by atoms with Crippen molar-refractivity contribution in [2.24, 2.45) is 5.73 Å². The average Bonchev–Trinajstić information content (AvgIpc) is 2.05. The molecule has 1 rings (SSSR count). The van der Waals surface area contributed by atoms with Crippen molar-refractivity contribution < 1.29 is 4.79 Å². The van der Waals surface area contributed by atoms with Gasteiger partial charge in [-0.05, 0) is 0 Å². The van der Waals surface area contributed by atoms with Gasteiger partial charge < -0.3 is 10.6 Å². The SMILES string of the molecule is C#CCN1C=C(C(N)=O)C=CC1. The first-order chi connectivity index (χ1) is 5.74. The van der Waals surface area contributed by atoms with Gasteiger partial charge in [0.2, 0.25) is 5.91 Å². The summed E-state index contributed by atoms with van der Waals surface area (Å²) in [4.78, 5) is 12.6. The predicted octanol–water partition coefficient (Wildman–Crippen LogP) is -0.139. The lowest BCUT2D eigenvalue weighted by atomic mass is 10.2. The van der Waals surface area contributed by atoms with E-state index < -0.39 is 5.91 Å². The fourth-order valence-electron chi connectivity index (χ4n) is 0.981. The van der Waals surface area contributed by atoms with Gasteiger partial charge in [0.15, 0.2) is 0 Å². The lowest BCUT2D eigenvalue weighted by Crippen LogP contribution is -2.24. The number of rotatable bonds is 2. The van der Waals surface area contributed by atoms with Crippen LogP contribution < -0.4 is 5.73 Å². The Kier molecular flexibility index (Phi) is 2.54. The van der Waals surface area contributed by atoms with Crippen LogP contribution in [-0.4, -0.2) is 23.9 Å². The molecule has 0 bridgehead atoms. The van der Waals surface area contributed by atoms with E-state index in [1.165, 1.54) is 0 Å². The van der Waals surface area contributed by atoms with Crippen molar-refractivity contribution in [1.82, 2.24) is 4.90 Å². The molecule has 0 aromatic heterocycles. The molecule has 0 spiro atoms. The number of nitrogens with zero attached hydrogens (tertiary/aromatic N) is 1. The summed E-state index contributed by atoms with van der Waals surface area (Å²) in [6, 6.07) is 0. The first-order valence-electron chi connectivity index (χ1n) is 3.59. The van der Waals surface area contributed by atoms with Crippen LogP contribution in [0.2, 0.25) is 0 Å². The first kappa shape index (κ1) is 8.41. The van der Waals surface area contributed by atoms with Crippen LogP contribution in [0.15, 0.2) is 23.9 Å². The van der Waals surface area contributed by atoms with Crippen LogP contribution in [-0.2, 0) is 4.79 Å². The van der Waals surface area contributed by atoms with Crippen LogP contribution in [0.4, 0.5) is 0 Å². The summed E-state index contributed by atoms with van der Waals surface area (Å²) in [5, 5.41) is 0. The van der Waals surface area contributed by atoms with Crippen LogP contribution in [0.3, 0.4) is 0 Å². The molecular formula is C9H10N2O. The minimum atomic E-state index is -0.423. The molecule has 0 saturated carbocycles. The van der Waals surface area contributed by atoms with Crippen LogP contribution in [0.1, 0.15) is 0 Å². The topological polar surface area (TPSA) is 46.3 Å². The Bertz CT molecular complexity index is 283. The minimum Gasteiger partial charge on any atom is -0.366 e. The van der Waals surface area contributed by atoms with Crippen molar-refractivity contribution >= 4 is 5.91 Å². The summed E-state index contributed by atoms with van der Waals surface area (Å²) in [5.41, 5.74) is 5.59. The second-order valence-corrected chi connectivity index (χ2v) is 2.48. The second-order valence-electron chi connectivity index (χ2n) is 2.48. The predicted molar refractivity (Wildman–Crippen MR) is 46.8 cm³/mol. The summed E-state index contributed by atoms with van der Waals surface area (Å²) >= 11 is 0. The molecule has 0 aromatic rings. The maximum atomic E-state index is 10.7. The fraction of sp³-hybridized carbons (Fsp3) is 0.222.